The molecular weight excluding hydrogens is 235 g/mol. The van der Waals surface area contributed by atoms with E-state index in [0.717, 1.165) is 19.3 Å². The van der Waals surface area contributed by atoms with Gasteiger partial charge in [-0.15, -0.1) is 0 Å². The largest absolute Gasteiger partial charge is 0.481 e. The van der Waals surface area contributed by atoms with Gasteiger partial charge in [0.1, 0.15) is 0 Å². The highest BCUT2D eigenvalue weighted by Gasteiger charge is 2.42. The topological polar surface area (TPSA) is 40.5 Å². The summed E-state index contributed by atoms with van der Waals surface area (Å²) >= 11 is 0. The van der Waals surface area contributed by atoms with Crippen molar-refractivity contribution in [1.29, 1.82) is 0 Å². The molecule has 1 rings (SSSR count). The van der Waals surface area contributed by atoms with Gasteiger partial charge in [-0.1, -0.05) is 19.3 Å². The number of carbonyl (C=O) groups is 1. The van der Waals surface area contributed by atoms with Crippen molar-refractivity contribution in [3.8, 4) is 0 Å². The van der Waals surface area contributed by atoms with Crippen LogP contribution in [0.4, 0.5) is 13.2 Å². The first-order valence-electron chi connectivity index (χ1n) is 5.75. The van der Waals surface area contributed by atoms with E-state index in [9.17, 15) is 18.0 Å². The summed E-state index contributed by atoms with van der Waals surface area (Å²) in [6.07, 6.45) is -0.846. The van der Waals surface area contributed by atoms with Crippen LogP contribution in [-0.2, 0) is 4.79 Å². The second-order valence-electron chi connectivity index (χ2n) is 4.83. The molecule has 17 heavy (non-hydrogen) atoms. The summed E-state index contributed by atoms with van der Waals surface area (Å²) in [4.78, 5) is 12.0. The van der Waals surface area contributed by atoms with Crippen molar-refractivity contribution in [3.05, 3.63) is 0 Å². The van der Waals surface area contributed by atoms with E-state index in [1.54, 1.807) is 0 Å². The molecule has 1 aliphatic carbocycles. The lowest BCUT2D eigenvalue weighted by Gasteiger charge is -2.44. The van der Waals surface area contributed by atoms with E-state index in [2.05, 4.69) is 0 Å². The Hall–Kier alpha value is -0.780. The van der Waals surface area contributed by atoms with Gasteiger partial charge in [0.05, 0.1) is 13.0 Å². The van der Waals surface area contributed by atoms with Crippen molar-refractivity contribution >= 4 is 5.97 Å². The molecule has 1 saturated carbocycles. The van der Waals surface area contributed by atoms with Gasteiger partial charge in [-0.25, -0.2) is 0 Å². The Kier molecular flexibility index (Phi) is 4.41. The lowest BCUT2D eigenvalue weighted by Crippen LogP contribution is -2.52. The minimum Gasteiger partial charge on any atom is -0.481 e. The fraction of sp³-hybridized carbons (Fsp3) is 0.909. The third-order valence-electron chi connectivity index (χ3n) is 3.49. The van der Waals surface area contributed by atoms with Crippen molar-refractivity contribution in [3.63, 3.8) is 0 Å². The third-order valence-corrected chi connectivity index (χ3v) is 3.49. The molecule has 0 atom stereocenters. The number of halogens is 3. The number of alkyl halides is 3. The molecule has 1 aliphatic rings. The van der Waals surface area contributed by atoms with Gasteiger partial charge in [-0.05, 0) is 19.9 Å². The van der Waals surface area contributed by atoms with Crippen LogP contribution in [0.2, 0.25) is 0 Å². The SMILES string of the molecule is CN(CC(F)(F)F)C1(CC(=O)O)CCCCC1. The van der Waals surface area contributed by atoms with Crippen molar-refractivity contribution in [2.24, 2.45) is 0 Å². The van der Waals surface area contributed by atoms with Crippen LogP contribution >= 0.6 is 0 Å². The van der Waals surface area contributed by atoms with Crippen LogP contribution in [0.1, 0.15) is 38.5 Å². The molecule has 0 bridgehead atoms. The Balaban J connectivity index is 2.77. The third kappa shape index (κ3) is 4.18. The minimum atomic E-state index is -4.28. The Morgan fingerprint density at radius 2 is 1.82 bits per heavy atom. The van der Waals surface area contributed by atoms with Gasteiger partial charge in [-0.2, -0.15) is 13.2 Å². The molecule has 0 heterocycles. The van der Waals surface area contributed by atoms with Gasteiger partial charge < -0.3 is 5.11 Å². The first-order valence-corrected chi connectivity index (χ1v) is 5.75. The van der Waals surface area contributed by atoms with Gasteiger partial charge >= 0.3 is 12.1 Å². The van der Waals surface area contributed by atoms with Crippen molar-refractivity contribution in [1.82, 2.24) is 4.90 Å². The van der Waals surface area contributed by atoms with Crippen LogP contribution < -0.4 is 0 Å². The second-order valence-corrected chi connectivity index (χ2v) is 4.83. The molecule has 0 saturated heterocycles. The molecule has 0 aliphatic heterocycles. The molecule has 0 unspecified atom stereocenters. The van der Waals surface area contributed by atoms with Crippen LogP contribution in [0.15, 0.2) is 0 Å². The van der Waals surface area contributed by atoms with E-state index in [1.165, 1.54) is 11.9 Å². The molecule has 0 aromatic rings. The molecule has 100 valence electrons. The number of carboxylic acid groups (broad SMARTS) is 1. The van der Waals surface area contributed by atoms with Crippen LogP contribution in [0, 0.1) is 0 Å². The lowest BCUT2D eigenvalue weighted by atomic mass is 9.78. The minimum absolute atomic E-state index is 0.209. The Labute approximate surface area is 98.6 Å². The molecule has 6 heteroatoms. The number of hydrogen-bond acceptors (Lipinski definition) is 2. The maximum atomic E-state index is 12.4. The molecular formula is C11H18F3NO2. The summed E-state index contributed by atoms with van der Waals surface area (Å²) in [6.45, 7) is -1.04. The summed E-state index contributed by atoms with van der Waals surface area (Å²) < 4.78 is 37.1. The van der Waals surface area contributed by atoms with Crippen LogP contribution in [0.25, 0.3) is 0 Å². The monoisotopic (exact) mass is 253 g/mol. The number of hydrogen-bond donors (Lipinski definition) is 1. The highest BCUT2D eigenvalue weighted by molar-refractivity contribution is 5.68. The molecule has 1 N–H and O–H groups in total. The normalized spacial score (nSPS) is 20.5. The van der Waals surface area contributed by atoms with Crippen molar-refractivity contribution in [2.75, 3.05) is 13.6 Å². The van der Waals surface area contributed by atoms with Crippen LogP contribution in [-0.4, -0.2) is 41.3 Å². The van der Waals surface area contributed by atoms with E-state index < -0.39 is 24.2 Å². The van der Waals surface area contributed by atoms with Gasteiger partial charge in [-0.3, -0.25) is 9.69 Å². The summed E-state index contributed by atoms with van der Waals surface area (Å²) in [5, 5.41) is 8.87. The summed E-state index contributed by atoms with van der Waals surface area (Å²) in [5.74, 6) is -1.03. The molecule has 0 aromatic carbocycles. The summed E-state index contributed by atoms with van der Waals surface area (Å²) in [6, 6.07) is 0. The zero-order valence-corrected chi connectivity index (χ0v) is 9.89. The Bertz CT molecular complexity index is 272. The number of rotatable bonds is 4. The predicted molar refractivity (Wildman–Crippen MR) is 56.8 cm³/mol. The molecule has 1 fully saturated rings. The van der Waals surface area contributed by atoms with Crippen molar-refractivity contribution in [2.45, 2.75) is 50.2 Å². The summed E-state index contributed by atoms with van der Waals surface area (Å²) in [5.41, 5.74) is -0.820. The number of carboxylic acids is 1. The van der Waals surface area contributed by atoms with E-state index >= 15 is 0 Å². The summed E-state index contributed by atoms with van der Waals surface area (Å²) in [7, 11) is 1.38. The fourth-order valence-corrected chi connectivity index (χ4v) is 2.62. The zero-order valence-electron chi connectivity index (χ0n) is 9.89. The number of aliphatic carboxylic acids is 1. The average Bonchev–Trinajstić information content (AvgIpc) is 2.15. The van der Waals surface area contributed by atoms with Gasteiger partial charge in [0.2, 0.25) is 0 Å². The van der Waals surface area contributed by atoms with E-state index in [4.69, 9.17) is 5.11 Å². The molecule has 0 radical (unpaired) electrons. The second kappa shape index (κ2) is 5.25. The average molecular weight is 253 g/mol. The smallest absolute Gasteiger partial charge is 0.401 e. The Morgan fingerprint density at radius 3 is 2.24 bits per heavy atom. The zero-order chi connectivity index (χ0) is 13.1. The first kappa shape index (κ1) is 14.3. The molecule has 3 nitrogen and oxygen atoms in total. The quantitative estimate of drug-likeness (QED) is 0.837. The van der Waals surface area contributed by atoms with Crippen LogP contribution in [0.5, 0.6) is 0 Å². The first-order chi connectivity index (χ1) is 7.75. The fourth-order valence-electron chi connectivity index (χ4n) is 2.62. The number of nitrogens with zero attached hydrogens (tertiary/aromatic N) is 1. The van der Waals surface area contributed by atoms with E-state index in [-0.39, 0.29) is 6.42 Å². The van der Waals surface area contributed by atoms with Gasteiger partial charge in [0.15, 0.2) is 0 Å². The molecule has 0 amide bonds. The maximum absolute atomic E-state index is 12.4. The van der Waals surface area contributed by atoms with Crippen LogP contribution in [0.3, 0.4) is 0 Å². The lowest BCUT2D eigenvalue weighted by molar-refractivity contribution is -0.164. The maximum Gasteiger partial charge on any atom is 0.401 e. The van der Waals surface area contributed by atoms with Gasteiger partial charge in [0, 0.05) is 5.54 Å². The molecule has 0 spiro atoms. The molecule has 0 aromatic heterocycles. The highest BCUT2D eigenvalue weighted by Crippen LogP contribution is 2.37. The highest BCUT2D eigenvalue weighted by atomic mass is 19.4. The van der Waals surface area contributed by atoms with E-state index in [0.29, 0.717) is 12.8 Å². The van der Waals surface area contributed by atoms with Crippen molar-refractivity contribution < 1.29 is 23.1 Å². The standard InChI is InChI=1S/C11H18F3NO2/c1-15(8-11(12,13)14)10(7-9(16)17)5-3-2-4-6-10/h2-8H2,1H3,(H,16,17). The Morgan fingerprint density at radius 1 is 1.29 bits per heavy atom. The predicted octanol–water partition coefficient (Wildman–Crippen LogP) is 2.66. The van der Waals surface area contributed by atoms with E-state index in [1.807, 2.05) is 0 Å². The van der Waals surface area contributed by atoms with Gasteiger partial charge in [0.25, 0.3) is 0 Å².